The van der Waals surface area contributed by atoms with Gasteiger partial charge in [-0.3, -0.25) is 4.90 Å². The molecule has 16 heavy (non-hydrogen) atoms. The van der Waals surface area contributed by atoms with Crippen LogP contribution in [-0.2, 0) is 0 Å². The van der Waals surface area contributed by atoms with Crippen LogP contribution in [-0.4, -0.2) is 48.6 Å². The molecule has 0 aromatic rings. The molecule has 2 heterocycles. The Morgan fingerprint density at radius 3 is 2.25 bits per heavy atom. The van der Waals surface area contributed by atoms with Crippen molar-refractivity contribution in [2.45, 2.75) is 58.0 Å². The third-order valence-corrected chi connectivity index (χ3v) is 4.56. The average Bonchev–Trinajstić information content (AvgIpc) is 2.30. The zero-order chi connectivity index (χ0) is 11.5. The van der Waals surface area contributed by atoms with Gasteiger partial charge in [-0.1, -0.05) is 6.42 Å². The maximum Gasteiger partial charge on any atom is 0.0127 e. The van der Waals surface area contributed by atoms with Crippen molar-refractivity contribution in [1.82, 2.24) is 9.80 Å². The lowest BCUT2D eigenvalue weighted by Gasteiger charge is -2.45. The van der Waals surface area contributed by atoms with E-state index in [1.165, 1.54) is 51.7 Å². The highest BCUT2D eigenvalue weighted by Gasteiger charge is 2.32. The summed E-state index contributed by atoms with van der Waals surface area (Å²) in [5, 5.41) is 0. The second-order valence-corrected chi connectivity index (χ2v) is 6.04. The van der Waals surface area contributed by atoms with E-state index in [4.69, 9.17) is 0 Å². The number of rotatable bonds is 2. The highest BCUT2D eigenvalue weighted by Crippen LogP contribution is 2.31. The molecule has 0 aliphatic carbocycles. The maximum atomic E-state index is 2.78. The van der Waals surface area contributed by atoms with Crippen molar-refractivity contribution < 1.29 is 0 Å². The van der Waals surface area contributed by atoms with Gasteiger partial charge in [-0.05, 0) is 72.1 Å². The Bertz CT molecular complexity index is 207. The van der Waals surface area contributed by atoms with Gasteiger partial charge in [-0.25, -0.2) is 0 Å². The number of hydrogen-bond acceptors (Lipinski definition) is 2. The molecule has 2 saturated heterocycles. The molecule has 0 aromatic heterocycles. The number of piperidine rings is 2. The van der Waals surface area contributed by atoms with E-state index in [2.05, 4.69) is 30.7 Å². The molecule has 0 bridgehead atoms. The fraction of sp³-hybridized carbons (Fsp3) is 1.00. The highest BCUT2D eigenvalue weighted by atomic mass is 15.2. The zero-order valence-corrected chi connectivity index (χ0v) is 11.3. The SMILES string of the molecule is CC(C)N1CCCCC1C1CCN(C)CC1. The maximum absolute atomic E-state index is 2.78. The molecule has 2 aliphatic rings. The summed E-state index contributed by atoms with van der Waals surface area (Å²) in [6.45, 7) is 8.70. The lowest BCUT2D eigenvalue weighted by molar-refractivity contribution is 0.0442. The summed E-state index contributed by atoms with van der Waals surface area (Å²) in [6, 6.07) is 1.63. The van der Waals surface area contributed by atoms with Crippen molar-refractivity contribution >= 4 is 0 Å². The van der Waals surface area contributed by atoms with Crippen molar-refractivity contribution in [3.8, 4) is 0 Å². The topological polar surface area (TPSA) is 6.48 Å². The fourth-order valence-electron chi connectivity index (χ4n) is 3.54. The molecular formula is C14H28N2. The summed E-state index contributed by atoms with van der Waals surface area (Å²) in [4.78, 5) is 5.26. The first kappa shape index (κ1) is 12.4. The predicted molar refractivity (Wildman–Crippen MR) is 69.7 cm³/mol. The molecule has 0 spiro atoms. The molecule has 0 N–H and O–H groups in total. The summed E-state index contributed by atoms with van der Waals surface area (Å²) >= 11 is 0. The largest absolute Gasteiger partial charge is 0.306 e. The van der Waals surface area contributed by atoms with Crippen LogP contribution in [0.5, 0.6) is 0 Å². The first-order valence-corrected chi connectivity index (χ1v) is 7.13. The third kappa shape index (κ3) is 2.78. The van der Waals surface area contributed by atoms with Crippen LogP contribution in [0.4, 0.5) is 0 Å². The molecule has 0 aromatic carbocycles. The normalized spacial score (nSPS) is 31.1. The minimum Gasteiger partial charge on any atom is -0.306 e. The lowest BCUT2D eigenvalue weighted by atomic mass is 9.83. The van der Waals surface area contributed by atoms with E-state index in [0.717, 1.165) is 18.0 Å². The molecule has 1 unspecified atom stereocenters. The highest BCUT2D eigenvalue weighted by molar-refractivity contribution is 4.87. The summed E-state index contributed by atoms with van der Waals surface area (Å²) in [7, 11) is 2.26. The van der Waals surface area contributed by atoms with Gasteiger partial charge in [-0.15, -0.1) is 0 Å². The number of likely N-dealkylation sites (tertiary alicyclic amines) is 2. The molecule has 2 nitrogen and oxygen atoms in total. The number of nitrogens with zero attached hydrogens (tertiary/aromatic N) is 2. The molecule has 2 aliphatic heterocycles. The Balaban J connectivity index is 1.94. The Hall–Kier alpha value is -0.0800. The van der Waals surface area contributed by atoms with E-state index < -0.39 is 0 Å². The molecule has 0 radical (unpaired) electrons. The smallest absolute Gasteiger partial charge is 0.0127 e. The van der Waals surface area contributed by atoms with Crippen molar-refractivity contribution in [3.05, 3.63) is 0 Å². The molecule has 94 valence electrons. The lowest BCUT2D eigenvalue weighted by Crippen LogP contribution is -2.50. The fourth-order valence-corrected chi connectivity index (χ4v) is 3.54. The van der Waals surface area contributed by atoms with Crippen molar-refractivity contribution in [2.75, 3.05) is 26.7 Å². The monoisotopic (exact) mass is 224 g/mol. The van der Waals surface area contributed by atoms with Crippen LogP contribution in [0.15, 0.2) is 0 Å². The second kappa shape index (κ2) is 5.50. The quantitative estimate of drug-likeness (QED) is 0.711. The van der Waals surface area contributed by atoms with E-state index in [1.54, 1.807) is 0 Å². The van der Waals surface area contributed by atoms with E-state index >= 15 is 0 Å². The van der Waals surface area contributed by atoms with Crippen LogP contribution < -0.4 is 0 Å². The molecule has 1 atom stereocenters. The van der Waals surface area contributed by atoms with Crippen LogP contribution in [0.25, 0.3) is 0 Å². The second-order valence-electron chi connectivity index (χ2n) is 6.04. The number of hydrogen-bond donors (Lipinski definition) is 0. The van der Waals surface area contributed by atoms with Crippen molar-refractivity contribution in [1.29, 1.82) is 0 Å². The van der Waals surface area contributed by atoms with Gasteiger partial charge >= 0.3 is 0 Å². The summed E-state index contributed by atoms with van der Waals surface area (Å²) in [6.07, 6.45) is 7.17. The van der Waals surface area contributed by atoms with Gasteiger partial charge in [0.2, 0.25) is 0 Å². The third-order valence-electron chi connectivity index (χ3n) is 4.56. The predicted octanol–water partition coefficient (Wildman–Crippen LogP) is 2.59. The van der Waals surface area contributed by atoms with Crippen molar-refractivity contribution in [3.63, 3.8) is 0 Å². The molecule has 0 amide bonds. The van der Waals surface area contributed by atoms with Crippen LogP contribution in [0, 0.1) is 5.92 Å². The molecule has 2 rings (SSSR count). The first-order valence-electron chi connectivity index (χ1n) is 7.13. The Morgan fingerprint density at radius 1 is 0.938 bits per heavy atom. The van der Waals surface area contributed by atoms with Crippen LogP contribution in [0.3, 0.4) is 0 Å². The van der Waals surface area contributed by atoms with Gasteiger partial charge in [0.1, 0.15) is 0 Å². The average molecular weight is 224 g/mol. The van der Waals surface area contributed by atoms with Gasteiger partial charge in [0, 0.05) is 12.1 Å². The van der Waals surface area contributed by atoms with E-state index in [-0.39, 0.29) is 0 Å². The van der Waals surface area contributed by atoms with Crippen molar-refractivity contribution in [2.24, 2.45) is 5.92 Å². The van der Waals surface area contributed by atoms with E-state index in [0.29, 0.717) is 0 Å². The minimum absolute atomic E-state index is 0.741. The molecule has 2 heteroatoms. The van der Waals surface area contributed by atoms with Gasteiger partial charge in [0.15, 0.2) is 0 Å². The van der Waals surface area contributed by atoms with Gasteiger partial charge in [0.25, 0.3) is 0 Å². The van der Waals surface area contributed by atoms with E-state index in [1.807, 2.05) is 0 Å². The standard InChI is InChI=1S/C14H28N2/c1-12(2)16-9-5-4-6-14(16)13-7-10-15(3)11-8-13/h12-14H,4-11H2,1-3H3. The van der Waals surface area contributed by atoms with Crippen LogP contribution in [0.2, 0.25) is 0 Å². The van der Waals surface area contributed by atoms with Gasteiger partial charge < -0.3 is 4.90 Å². The minimum atomic E-state index is 0.741. The van der Waals surface area contributed by atoms with E-state index in [9.17, 15) is 0 Å². The molecule has 2 fully saturated rings. The molecular weight excluding hydrogens is 196 g/mol. The Kier molecular flexibility index (Phi) is 4.26. The van der Waals surface area contributed by atoms with Gasteiger partial charge in [-0.2, -0.15) is 0 Å². The Morgan fingerprint density at radius 2 is 1.62 bits per heavy atom. The summed E-state index contributed by atoms with van der Waals surface area (Å²) in [5.74, 6) is 0.971. The van der Waals surface area contributed by atoms with Crippen LogP contribution >= 0.6 is 0 Å². The first-order chi connectivity index (χ1) is 7.68. The summed E-state index contributed by atoms with van der Waals surface area (Å²) in [5.41, 5.74) is 0. The zero-order valence-electron chi connectivity index (χ0n) is 11.3. The Labute approximate surface area is 101 Å². The summed E-state index contributed by atoms with van der Waals surface area (Å²) < 4.78 is 0. The molecule has 0 saturated carbocycles. The van der Waals surface area contributed by atoms with Crippen LogP contribution in [0.1, 0.15) is 46.0 Å². The van der Waals surface area contributed by atoms with Gasteiger partial charge in [0.05, 0.1) is 0 Å².